The van der Waals surface area contributed by atoms with Gasteiger partial charge in [-0.15, -0.1) is 0 Å². The van der Waals surface area contributed by atoms with Gasteiger partial charge in [-0.1, -0.05) is 0 Å². The van der Waals surface area contributed by atoms with Gasteiger partial charge in [0.25, 0.3) is 0 Å². The van der Waals surface area contributed by atoms with Crippen LogP contribution in [-0.2, 0) is 13.5 Å². The van der Waals surface area contributed by atoms with Gasteiger partial charge in [-0.3, -0.25) is 4.68 Å². The average molecular weight is 234 g/mol. The minimum Gasteiger partial charge on any atom is -0.399 e. The van der Waals surface area contributed by atoms with E-state index < -0.39 is 0 Å². The average Bonchev–Trinajstić information content (AvgIpc) is 2.68. The summed E-state index contributed by atoms with van der Waals surface area (Å²) in [6.45, 7) is 0.637. The number of aryl methyl sites for hydroxylation is 1. The molecule has 4 nitrogen and oxygen atoms in total. The molecule has 5 heteroatoms. The summed E-state index contributed by atoms with van der Waals surface area (Å²) in [6, 6.07) is 6.57. The Kier molecular flexibility index (Phi) is 3.27. The van der Waals surface area contributed by atoms with Crippen LogP contribution < -0.4 is 11.1 Å². The normalized spacial score (nSPS) is 10.5. The van der Waals surface area contributed by atoms with Crippen LogP contribution in [0.2, 0.25) is 0 Å². The molecule has 0 unspecified atom stereocenters. The lowest BCUT2D eigenvalue weighted by Crippen LogP contribution is -2.07. The molecule has 1 heterocycles. The summed E-state index contributed by atoms with van der Waals surface area (Å²) in [5, 5.41) is 7.26. The number of halogens is 1. The van der Waals surface area contributed by atoms with E-state index in [0.717, 1.165) is 12.1 Å². The maximum Gasteiger partial charge on any atom is 0.148 e. The molecule has 0 saturated heterocycles. The third-order valence-electron chi connectivity index (χ3n) is 2.46. The Morgan fingerprint density at radius 3 is 2.88 bits per heavy atom. The summed E-state index contributed by atoms with van der Waals surface area (Å²) in [5.74, 6) is -0.328. The zero-order valence-corrected chi connectivity index (χ0v) is 9.65. The van der Waals surface area contributed by atoms with Crippen LogP contribution in [0.5, 0.6) is 0 Å². The number of nitrogens with one attached hydrogen (secondary N) is 1. The summed E-state index contributed by atoms with van der Waals surface area (Å²) >= 11 is 0. The molecule has 17 heavy (non-hydrogen) atoms. The summed E-state index contributed by atoms with van der Waals surface area (Å²) in [6.07, 6.45) is 2.64. The second-order valence-corrected chi connectivity index (χ2v) is 3.90. The van der Waals surface area contributed by atoms with Crippen molar-refractivity contribution in [3.05, 3.63) is 42.0 Å². The van der Waals surface area contributed by atoms with Gasteiger partial charge in [0, 0.05) is 31.9 Å². The number of benzene rings is 1. The minimum atomic E-state index is -0.328. The Hall–Kier alpha value is -2.04. The number of nitrogen functional groups attached to an aromatic ring is 1. The molecule has 0 atom stereocenters. The van der Waals surface area contributed by atoms with E-state index in [1.807, 2.05) is 19.3 Å². The molecule has 1 aromatic heterocycles. The molecule has 0 saturated carbocycles. The van der Waals surface area contributed by atoms with Gasteiger partial charge in [0.05, 0.1) is 11.4 Å². The van der Waals surface area contributed by atoms with Crippen molar-refractivity contribution in [3.8, 4) is 0 Å². The van der Waals surface area contributed by atoms with Crippen molar-refractivity contribution >= 4 is 11.4 Å². The molecular weight excluding hydrogens is 219 g/mol. The highest BCUT2D eigenvalue weighted by Crippen LogP contribution is 2.16. The lowest BCUT2D eigenvalue weighted by Gasteiger charge is -2.06. The van der Waals surface area contributed by atoms with Crippen molar-refractivity contribution in [2.45, 2.75) is 6.42 Å². The molecule has 3 N–H and O–H groups in total. The number of anilines is 2. The highest BCUT2D eigenvalue weighted by molar-refractivity contribution is 5.52. The van der Waals surface area contributed by atoms with Crippen LogP contribution in [-0.4, -0.2) is 16.3 Å². The molecule has 1 aromatic carbocycles. The molecule has 90 valence electrons. The molecule has 2 aromatic rings. The van der Waals surface area contributed by atoms with E-state index in [4.69, 9.17) is 5.73 Å². The van der Waals surface area contributed by atoms with Gasteiger partial charge in [0.1, 0.15) is 5.82 Å². The number of rotatable bonds is 4. The van der Waals surface area contributed by atoms with E-state index in [1.165, 1.54) is 6.07 Å². The SMILES string of the molecule is Cn1ccc(CCNc2ccc(N)cc2F)n1. The Morgan fingerprint density at radius 1 is 1.41 bits per heavy atom. The molecule has 0 fully saturated rings. The van der Waals surface area contributed by atoms with Crippen molar-refractivity contribution in [1.82, 2.24) is 9.78 Å². The molecule has 0 radical (unpaired) electrons. The fraction of sp³-hybridized carbons (Fsp3) is 0.250. The predicted molar refractivity (Wildman–Crippen MR) is 66.2 cm³/mol. The third kappa shape index (κ3) is 2.96. The second kappa shape index (κ2) is 4.86. The number of hydrogen-bond acceptors (Lipinski definition) is 3. The van der Waals surface area contributed by atoms with Crippen molar-refractivity contribution in [2.75, 3.05) is 17.6 Å². The highest BCUT2D eigenvalue weighted by atomic mass is 19.1. The van der Waals surface area contributed by atoms with Crippen LogP contribution in [0.3, 0.4) is 0 Å². The maximum atomic E-state index is 13.4. The van der Waals surface area contributed by atoms with Gasteiger partial charge in [0.15, 0.2) is 0 Å². The van der Waals surface area contributed by atoms with Crippen LogP contribution in [0.4, 0.5) is 15.8 Å². The highest BCUT2D eigenvalue weighted by Gasteiger charge is 2.02. The first-order valence-electron chi connectivity index (χ1n) is 5.42. The first-order chi connectivity index (χ1) is 8.15. The van der Waals surface area contributed by atoms with Gasteiger partial charge in [-0.05, 0) is 24.3 Å². The summed E-state index contributed by atoms with van der Waals surface area (Å²) in [5.41, 5.74) is 7.35. The molecule has 0 bridgehead atoms. The van der Waals surface area contributed by atoms with Gasteiger partial charge < -0.3 is 11.1 Å². The first kappa shape index (κ1) is 11.4. The Balaban J connectivity index is 1.90. The number of nitrogens with two attached hydrogens (primary N) is 1. The molecule has 0 aliphatic rings. The van der Waals surface area contributed by atoms with Crippen molar-refractivity contribution in [2.24, 2.45) is 7.05 Å². The zero-order valence-electron chi connectivity index (χ0n) is 9.65. The largest absolute Gasteiger partial charge is 0.399 e. The molecule has 0 spiro atoms. The lowest BCUT2D eigenvalue weighted by molar-refractivity contribution is 0.630. The molecule has 0 amide bonds. The van der Waals surface area contributed by atoms with Gasteiger partial charge in [-0.25, -0.2) is 4.39 Å². The molecular formula is C12H15FN4. The Morgan fingerprint density at radius 2 is 2.24 bits per heavy atom. The van der Waals surface area contributed by atoms with Crippen molar-refractivity contribution in [1.29, 1.82) is 0 Å². The molecule has 0 aliphatic carbocycles. The fourth-order valence-electron chi connectivity index (χ4n) is 1.60. The van der Waals surface area contributed by atoms with Gasteiger partial charge >= 0.3 is 0 Å². The molecule has 0 aliphatic heterocycles. The van der Waals surface area contributed by atoms with Crippen LogP contribution in [0, 0.1) is 5.82 Å². The van der Waals surface area contributed by atoms with E-state index in [9.17, 15) is 4.39 Å². The van der Waals surface area contributed by atoms with Gasteiger partial charge in [-0.2, -0.15) is 5.10 Å². The van der Waals surface area contributed by atoms with E-state index in [2.05, 4.69) is 10.4 Å². The monoisotopic (exact) mass is 234 g/mol. The first-order valence-corrected chi connectivity index (χ1v) is 5.42. The maximum absolute atomic E-state index is 13.4. The van der Waals surface area contributed by atoms with Crippen LogP contribution in [0.15, 0.2) is 30.5 Å². The smallest absolute Gasteiger partial charge is 0.148 e. The topological polar surface area (TPSA) is 55.9 Å². The number of nitrogens with zero attached hydrogens (tertiary/aromatic N) is 2. The minimum absolute atomic E-state index is 0.328. The van der Waals surface area contributed by atoms with E-state index in [0.29, 0.717) is 17.9 Å². The Labute approximate surface area is 99.2 Å². The third-order valence-corrected chi connectivity index (χ3v) is 2.46. The number of hydrogen-bond donors (Lipinski definition) is 2. The lowest BCUT2D eigenvalue weighted by atomic mass is 10.2. The van der Waals surface area contributed by atoms with Gasteiger partial charge in [0.2, 0.25) is 0 Å². The van der Waals surface area contributed by atoms with E-state index in [1.54, 1.807) is 16.8 Å². The standard InChI is InChI=1S/C12H15FN4/c1-17-7-5-10(16-17)4-6-15-12-3-2-9(14)8-11(12)13/h2-3,5,7-8,15H,4,6,14H2,1H3. The van der Waals surface area contributed by atoms with Crippen LogP contribution >= 0.6 is 0 Å². The second-order valence-electron chi connectivity index (χ2n) is 3.90. The summed E-state index contributed by atoms with van der Waals surface area (Å²) < 4.78 is 15.2. The summed E-state index contributed by atoms with van der Waals surface area (Å²) in [7, 11) is 1.87. The van der Waals surface area contributed by atoms with Crippen molar-refractivity contribution in [3.63, 3.8) is 0 Å². The van der Waals surface area contributed by atoms with Crippen LogP contribution in [0.25, 0.3) is 0 Å². The summed E-state index contributed by atoms with van der Waals surface area (Å²) in [4.78, 5) is 0. The predicted octanol–water partition coefficient (Wildman–Crippen LogP) is 1.80. The number of aromatic nitrogens is 2. The van der Waals surface area contributed by atoms with Crippen LogP contribution in [0.1, 0.15) is 5.69 Å². The Bertz CT molecular complexity index is 507. The quantitative estimate of drug-likeness (QED) is 0.793. The van der Waals surface area contributed by atoms with Crippen molar-refractivity contribution < 1.29 is 4.39 Å². The van der Waals surface area contributed by atoms with E-state index in [-0.39, 0.29) is 5.82 Å². The fourth-order valence-corrected chi connectivity index (χ4v) is 1.60. The van der Waals surface area contributed by atoms with E-state index >= 15 is 0 Å². The molecule has 2 rings (SSSR count). The zero-order chi connectivity index (χ0) is 12.3.